The SMILES string of the molecule is CC[C@H](C(=O)NC)N(Cc1c(Cl)cccc1Cl)C(=O)CN(c1ccc(Cl)cc1C)S(=O)(=O)c1ccccc1. The summed E-state index contributed by atoms with van der Waals surface area (Å²) in [5.41, 5.74) is 1.30. The first-order valence-corrected chi connectivity index (χ1v) is 14.4. The van der Waals surface area contributed by atoms with Crippen molar-refractivity contribution >= 4 is 62.3 Å². The van der Waals surface area contributed by atoms with Crippen LogP contribution in [0.4, 0.5) is 5.69 Å². The second-order valence-electron chi connectivity index (χ2n) is 8.52. The molecule has 0 aliphatic rings. The van der Waals surface area contributed by atoms with Crippen LogP contribution in [0.2, 0.25) is 15.1 Å². The lowest BCUT2D eigenvalue weighted by Gasteiger charge is -2.33. The second kappa shape index (κ2) is 12.8. The van der Waals surface area contributed by atoms with E-state index < -0.39 is 34.4 Å². The number of amides is 2. The van der Waals surface area contributed by atoms with E-state index in [1.165, 1.54) is 24.1 Å². The molecule has 0 radical (unpaired) electrons. The molecule has 0 saturated heterocycles. The molecule has 1 N–H and O–H groups in total. The van der Waals surface area contributed by atoms with E-state index in [2.05, 4.69) is 5.32 Å². The lowest BCUT2D eigenvalue weighted by molar-refractivity contribution is -0.140. The zero-order chi connectivity index (χ0) is 28.0. The van der Waals surface area contributed by atoms with Gasteiger partial charge in [-0.15, -0.1) is 0 Å². The van der Waals surface area contributed by atoms with Gasteiger partial charge in [-0.25, -0.2) is 8.42 Å². The van der Waals surface area contributed by atoms with E-state index in [0.717, 1.165) is 4.31 Å². The summed E-state index contributed by atoms with van der Waals surface area (Å²) >= 11 is 18.9. The van der Waals surface area contributed by atoms with Crippen LogP contribution in [0.1, 0.15) is 24.5 Å². The Morgan fingerprint density at radius 2 is 1.58 bits per heavy atom. The monoisotopic (exact) mass is 595 g/mol. The van der Waals surface area contributed by atoms with Gasteiger partial charge < -0.3 is 10.2 Å². The molecule has 2 amide bonds. The zero-order valence-corrected chi connectivity index (χ0v) is 24.2. The molecule has 3 aromatic rings. The van der Waals surface area contributed by atoms with E-state index in [1.807, 2.05) is 0 Å². The number of hydrogen-bond acceptors (Lipinski definition) is 4. The number of anilines is 1. The second-order valence-corrected chi connectivity index (χ2v) is 11.6. The van der Waals surface area contributed by atoms with Gasteiger partial charge in [-0.3, -0.25) is 13.9 Å². The molecule has 3 aromatic carbocycles. The highest BCUT2D eigenvalue weighted by molar-refractivity contribution is 7.92. The van der Waals surface area contributed by atoms with Crippen LogP contribution in [0.15, 0.2) is 71.6 Å². The molecule has 0 aliphatic carbocycles. The number of halogens is 3. The number of carbonyl (C=O) groups is 2. The maximum Gasteiger partial charge on any atom is 0.264 e. The van der Waals surface area contributed by atoms with Crippen molar-refractivity contribution in [3.63, 3.8) is 0 Å². The fourth-order valence-electron chi connectivity index (χ4n) is 4.07. The van der Waals surface area contributed by atoms with Crippen LogP contribution in [0.25, 0.3) is 0 Å². The third-order valence-electron chi connectivity index (χ3n) is 6.06. The lowest BCUT2D eigenvalue weighted by Crippen LogP contribution is -2.52. The van der Waals surface area contributed by atoms with E-state index in [0.29, 0.717) is 26.2 Å². The van der Waals surface area contributed by atoms with Crippen LogP contribution in [-0.2, 0) is 26.2 Å². The molecule has 202 valence electrons. The van der Waals surface area contributed by atoms with Crippen molar-refractivity contribution in [2.24, 2.45) is 0 Å². The Kier molecular flexibility index (Phi) is 10.1. The Balaban J connectivity index is 2.12. The predicted molar refractivity (Wildman–Crippen MR) is 152 cm³/mol. The number of benzene rings is 3. The molecule has 0 spiro atoms. The number of sulfonamides is 1. The minimum atomic E-state index is -4.18. The Hall–Kier alpha value is -2.78. The summed E-state index contributed by atoms with van der Waals surface area (Å²) in [6.07, 6.45) is 0.277. The molecule has 0 unspecified atom stereocenters. The maximum absolute atomic E-state index is 14.0. The largest absolute Gasteiger partial charge is 0.357 e. The summed E-state index contributed by atoms with van der Waals surface area (Å²) in [5, 5.41) is 3.65. The fourth-order valence-corrected chi connectivity index (χ4v) is 6.31. The third-order valence-corrected chi connectivity index (χ3v) is 8.78. The molecule has 11 heteroatoms. The molecular formula is C27H28Cl3N3O4S. The fraction of sp³-hybridized carbons (Fsp3) is 0.259. The van der Waals surface area contributed by atoms with Crippen LogP contribution >= 0.6 is 34.8 Å². The van der Waals surface area contributed by atoms with Gasteiger partial charge in [0.2, 0.25) is 11.8 Å². The molecule has 38 heavy (non-hydrogen) atoms. The van der Waals surface area contributed by atoms with Crippen LogP contribution in [0.5, 0.6) is 0 Å². The number of hydrogen-bond donors (Lipinski definition) is 1. The molecular weight excluding hydrogens is 569 g/mol. The van der Waals surface area contributed by atoms with Crippen LogP contribution < -0.4 is 9.62 Å². The van der Waals surface area contributed by atoms with E-state index in [-0.39, 0.29) is 23.5 Å². The predicted octanol–water partition coefficient (Wildman–Crippen LogP) is 5.70. The minimum Gasteiger partial charge on any atom is -0.357 e. The van der Waals surface area contributed by atoms with Gasteiger partial charge in [-0.2, -0.15) is 0 Å². The van der Waals surface area contributed by atoms with Crippen molar-refractivity contribution in [1.82, 2.24) is 10.2 Å². The van der Waals surface area contributed by atoms with Crippen molar-refractivity contribution in [2.45, 2.75) is 37.8 Å². The summed E-state index contributed by atoms with van der Waals surface area (Å²) in [6, 6.07) is 16.6. The highest BCUT2D eigenvalue weighted by Gasteiger charge is 2.34. The number of likely N-dealkylation sites (N-methyl/N-ethyl adjacent to an activating group) is 1. The summed E-state index contributed by atoms with van der Waals surface area (Å²) in [4.78, 5) is 28.1. The smallest absolute Gasteiger partial charge is 0.264 e. The van der Waals surface area contributed by atoms with E-state index >= 15 is 0 Å². The Morgan fingerprint density at radius 3 is 2.13 bits per heavy atom. The number of carbonyl (C=O) groups excluding carboxylic acids is 2. The Morgan fingerprint density at radius 1 is 0.947 bits per heavy atom. The normalized spacial score (nSPS) is 12.1. The van der Waals surface area contributed by atoms with Crippen LogP contribution in [0.3, 0.4) is 0 Å². The summed E-state index contributed by atoms with van der Waals surface area (Å²) in [7, 11) is -2.70. The van der Waals surface area contributed by atoms with Gasteiger partial charge in [0.15, 0.2) is 0 Å². The van der Waals surface area contributed by atoms with Gasteiger partial charge in [-0.1, -0.05) is 66.0 Å². The van der Waals surface area contributed by atoms with Crippen molar-refractivity contribution in [3.05, 3.63) is 92.9 Å². The average molecular weight is 597 g/mol. The van der Waals surface area contributed by atoms with Gasteiger partial charge in [0.1, 0.15) is 12.6 Å². The summed E-state index contributed by atoms with van der Waals surface area (Å²) < 4.78 is 28.7. The molecule has 0 saturated carbocycles. The number of nitrogens with one attached hydrogen (secondary N) is 1. The number of rotatable bonds is 10. The van der Waals surface area contributed by atoms with Crippen molar-refractivity contribution in [3.8, 4) is 0 Å². The molecule has 0 aromatic heterocycles. The van der Waals surface area contributed by atoms with E-state index in [1.54, 1.807) is 68.4 Å². The molecule has 1 atom stereocenters. The first-order chi connectivity index (χ1) is 18.0. The molecule has 0 heterocycles. The first-order valence-electron chi connectivity index (χ1n) is 11.8. The summed E-state index contributed by atoms with van der Waals surface area (Å²) in [6.45, 7) is 2.80. The maximum atomic E-state index is 14.0. The van der Waals surface area contributed by atoms with Crippen LogP contribution in [-0.4, -0.2) is 44.8 Å². The Bertz CT molecular complexity index is 1400. The quantitative estimate of drug-likeness (QED) is 0.325. The van der Waals surface area contributed by atoms with Gasteiger partial charge >= 0.3 is 0 Å². The summed E-state index contributed by atoms with van der Waals surface area (Å²) in [5.74, 6) is -1.01. The molecule has 3 rings (SSSR count). The van der Waals surface area contributed by atoms with E-state index in [4.69, 9.17) is 34.8 Å². The van der Waals surface area contributed by atoms with Gasteiger partial charge in [0.05, 0.1) is 10.6 Å². The van der Waals surface area contributed by atoms with Crippen molar-refractivity contribution < 1.29 is 18.0 Å². The Labute approximate surface area is 238 Å². The topological polar surface area (TPSA) is 86.8 Å². The average Bonchev–Trinajstić information content (AvgIpc) is 2.89. The van der Waals surface area contributed by atoms with Crippen LogP contribution in [0, 0.1) is 6.92 Å². The van der Waals surface area contributed by atoms with Crippen molar-refractivity contribution in [1.29, 1.82) is 0 Å². The molecule has 7 nitrogen and oxygen atoms in total. The third kappa shape index (κ3) is 6.61. The molecule has 0 fully saturated rings. The number of aryl methyl sites for hydroxylation is 1. The first kappa shape index (κ1) is 29.8. The minimum absolute atomic E-state index is 0.0150. The van der Waals surface area contributed by atoms with Gasteiger partial charge in [0.25, 0.3) is 10.0 Å². The molecule has 0 bridgehead atoms. The van der Waals surface area contributed by atoms with Crippen molar-refractivity contribution in [2.75, 3.05) is 17.9 Å². The molecule has 0 aliphatic heterocycles. The highest BCUT2D eigenvalue weighted by atomic mass is 35.5. The van der Waals surface area contributed by atoms with Gasteiger partial charge in [0, 0.05) is 34.2 Å². The lowest BCUT2D eigenvalue weighted by atomic mass is 10.1. The van der Waals surface area contributed by atoms with Gasteiger partial charge in [-0.05, 0) is 61.4 Å². The zero-order valence-electron chi connectivity index (χ0n) is 21.1. The number of nitrogens with zero attached hydrogens (tertiary/aromatic N) is 2. The highest BCUT2D eigenvalue weighted by Crippen LogP contribution is 2.31. The standard InChI is InChI=1S/C27H28Cl3N3O4S/c1-4-24(27(35)31-3)32(16-21-22(29)11-8-12-23(21)30)26(34)17-33(25-14-13-19(28)15-18(25)2)38(36,37)20-9-6-5-7-10-20/h5-15,24H,4,16-17H2,1-3H3,(H,31,35)/t24-/m1/s1. The van der Waals surface area contributed by atoms with E-state index in [9.17, 15) is 18.0 Å².